The number of carbonyl (C=O) groups excluding carboxylic acids is 3. The topological polar surface area (TPSA) is 81.8 Å². The molecule has 3 aliphatic rings. The molecule has 1 unspecified atom stereocenters. The van der Waals surface area contributed by atoms with Gasteiger partial charge in [0.1, 0.15) is 6.04 Å². The summed E-state index contributed by atoms with van der Waals surface area (Å²) < 4.78 is 0. The van der Waals surface area contributed by atoms with Gasteiger partial charge < -0.3 is 10.2 Å². The summed E-state index contributed by atoms with van der Waals surface area (Å²) in [7, 11) is 0. The van der Waals surface area contributed by atoms with Crippen LogP contribution in [0.4, 0.5) is 0 Å². The van der Waals surface area contributed by atoms with Crippen molar-refractivity contribution in [1.29, 1.82) is 0 Å². The Labute approximate surface area is 171 Å². The molecule has 0 saturated carbocycles. The molecule has 3 amide bonds. The Morgan fingerprint density at radius 2 is 2.07 bits per heavy atom. The molecule has 2 fully saturated rings. The van der Waals surface area contributed by atoms with Gasteiger partial charge in [0, 0.05) is 50.7 Å². The van der Waals surface area contributed by atoms with Gasteiger partial charge in [0.15, 0.2) is 0 Å². The number of carbonyl (C=O) groups is 3. The summed E-state index contributed by atoms with van der Waals surface area (Å²) in [6.45, 7) is 6.34. The van der Waals surface area contributed by atoms with Gasteiger partial charge >= 0.3 is 0 Å². The van der Waals surface area contributed by atoms with Gasteiger partial charge in [-0.25, -0.2) is 0 Å². The normalized spacial score (nSPS) is 25.3. The maximum absolute atomic E-state index is 13.2. The smallest absolute Gasteiger partial charge is 0.255 e. The first kappa shape index (κ1) is 20.0. The third kappa shape index (κ3) is 4.21. The van der Waals surface area contributed by atoms with Crippen LogP contribution in [0.1, 0.15) is 60.5 Å². The van der Waals surface area contributed by atoms with Crippen LogP contribution in [-0.2, 0) is 22.7 Å². The lowest BCUT2D eigenvalue weighted by Gasteiger charge is -2.34. The van der Waals surface area contributed by atoms with Gasteiger partial charge in [0.2, 0.25) is 11.8 Å². The molecule has 7 nitrogen and oxygen atoms in total. The molecule has 2 N–H and O–H groups in total. The van der Waals surface area contributed by atoms with Crippen molar-refractivity contribution in [2.45, 2.75) is 64.2 Å². The van der Waals surface area contributed by atoms with Crippen LogP contribution in [-0.4, -0.2) is 59.2 Å². The maximum Gasteiger partial charge on any atom is 0.255 e. The fourth-order valence-corrected chi connectivity index (χ4v) is 4.74. The lowest BCUT2D eigenvalue weighted by atomic mass is 10.0. The summed E-state index contributed by atoms with van der Waals surface area (Å²) in [4.78, 5) is 41.0. The second kappa shape index (κ2) is 8.63. The highest BCUT2D eigenvalue weighted by Crippen LogP contribution is 2.30. The Hall–Kier alpha value is -2.25. The predicted octanol–water partition coefficient (Wildman–Crippen LogP) is 1.41. The predicted molar refractivity (Wildman–Crippen MR) is 109 cm³/mol. The zero-order chi connectivity index (χ0) is 20.4. The summed E-state index contributed by atoms with van der Waals surface area (Å²) in [6, 6.07) is 5.97. The Morgan fingerprint density at radius 3 is 2.86 bits per heavy atom. The summed E-state index contributed by atoms with van der Waals surface area (Å²) in [5.41, 5.74) is 2.77. The molecule has 7 heteroatoms. The van der Waals surface area contributed by atoms with E-state index in [1.54, 1.807) is 4.90 Å². The van der Waals surface area contributed by atoms with Crippen LogP contribution in [0.15, 0.2) is 18.2 Å². The molecule has 4 rings (SSSR count). The number of hydrogen-bond donors (Lipinski definition) is 2. The SMILES string of the molecule is CCCC[C@H]1CN(Cc2cccc3c2C(=O)N(C2CCC(=O)NC2=O)C3)CCN1. The van der Waals surface area contributed by atoms with Crippen LogP contribution in [0.3, 0.4) is 0 Å². The zero-order valence-corrected chi connectivity index (χ0v) is 17.1. The largest absolute Gasteiger partial charge is 0.322 e. The molecule has 2 saturated heterocycles. The standard InChI is InChI=1S/C22H30N4O3/c1-2-3-7-17-14-25(11-10-23-17)12-15-5-4-6-16-13-26(22(29)20(15)16)18-8-9-19(27)24-21(18)28/h4-6,17-18,23H,2-3,7-14H2,1H3,(H,24,27,28)/t17-,18?/m0/s1. The summed E-state index contributed by atoms with van der Waals surface area (Å²) >= 11 is 0. The van der Waals surface area contributed by atoms with Crippen LogP contribution < -0.4 is 10.6 Å². The molecular formula is C22H30N4O3. The van der Waals surface area contributed by atoms with Crippen LogP contribution in [0.2, 0.25) is 0 Å². The highest BCUT2D eigenvalue weighted by molar-refractivity contribution is 6.05. The molecule has 0 bridgehead atoms. The van der Waals surface area contributed by atoms with Crippen molar-refractivity contribution in [1.82, 2.24) is 20.4 Å². The first-order chi connectivity index (χ1) is 14.1. The van der Waals surface area contributed by atoms with Crippen LogP contribution in [0, 0.1) is 0 Å². The average molecular weight is 399 g/mol. The molecule has 1 aromatic carbocycles. The lowest BCUT2D eigenvalue weighted by Crippen LogP contribution is -2.52. The highest BCUT2D eigenvalue weighted by atomic mass is 16.2. The molecule has 3 heterocycles. The van der Waals surface area contributed by atoms with Crippen LogP contribution in [0.5, 0.6) is 0 Å². The van der Waals surface area contributed by atoms with Crippen molar-refractivity contribution >= 4 is 17.7 Å². The van der Waals surface area contributed by atoms with Crippen LogP contribution in [0.25, 0.3) is 0 Å². The molecule has 0 aliphatic carbocycles. The molecule has 3 aliphatic heterocycles. The first-order valence-electron chi connectivity index (χ1n) is 10.8. The van der Waals surface area contributed by atoms with E-state index in [4.69, 9.17) is 0 Å². The molecule has 2 atom stereocenters. The number of hydrogen-bond acceptors (Lipinski definition) is 5. The second-order valence-corrected chi connectivity index (χ2v) is 8.38. The van der Waals surface area contributed by atoms with Gasteiger partial charge in [0.05, 0.1) is 0 Å². The quantitative estimate of drug-likeness (QED) is 0.708. The Balaban J connectivity index is 1.47. The van der Waals surface area contributed by atoms with Crippen LogP contribution >= 0.6 is 0 Å². The molecule has 156 valence electrons. The fourth-order valence-electron chi connectivity index (χ4n) is 4.74. The zero-order valence-electron chi connectivity index (χ0n) is 17.1. The molecule has 0 spiro atoms. The number of imide groups is 1. The van der Waals surface area contributed by atoms with Gasteiger partial charge in [-0.2, -0.15) is 0 Å². The van der Waals surface area contributed by atoms with E-state index >= 15 is 0 Å². The minimum Gasteiger partial charge on any atom is -0.322 e. The fraction of sp³-hybridized carbons (Fsp3) is 0.591. The van der Waals surface area contributed by atoms with E-state index in [0.29, 0.717) is 19.0 Å². The third-order valence-electron chi connectivity index (χ3n) is 6.28. The molecule has 29 heavy (non-hydrogen) atoms. The van der Waals surface area contributed by atoms with E-state index in [-0.39, 0.29) is 24.1 Å². The summed E-state index contributed by atoms with van der Waals surface area (Å²) in [6.07, 6.45) is 4.29. The van der Waals surface area contributed by atoms with E-state index in [2.05, 4.69) is 22.5 Å². The third-order valence-corrected chi connectivity index (χ3v) is 6.28. The number of unbranched alkanes of at least 4 members (excludes halogenated alkanes) is 1. The number of nitrogens with zero attached hydrogens (tertiary/aromatic N) is 2. The van der Waals surface area contributed by atoms with Gasteiger partial charge in [-0.3, -0.25) is 24.6 Å². The number of fused-ring (bicyclic) bond motifs is 1. The van der Waals surface area contributed by atoms with Gasteiger partial charge in [-0.15, -0.1) is 0 Å². The Bertz CT molecular complexity index is 809. The minimum absolute atomic E-state index is 0.0808. The van der Waals surface area contributed by atoms with Gasteiger partial charge in [-0.1, -0.05) is 38.0 Å². The van der Waals surface area contributed by atoms with Crippen molar-refractivity contribution in [2.75, 3.05) is 19.6 Å². The number of benzene rings is 1. The lowest BCUT2D eigenvalue weighted by molar-refractivity contribution is -0.136. The van der Waals surface area contributed by atoms with Crippen molar-refractivity contribution in [3.63, 3.8) is 0 Å². The van der Waals surface area contributed by atoms with E-state index < -0.39 is 6.04 Å². The van der Waals surface area contributed by atoms with Crippen molar-refractivity contribution < 1.29 is 14.4 Å². The highest BCUT2D eigenvalue weighted by Gasteiger charge is 2.40. The second-order valence-electron chi connectivity index (χ2n) is 8.38. The van der Waals surface area contributed by atoms with Gasteiger partial charge in [-0.05, 0) is 24.0 Å². The average Bonchev–Trinajstić information content (AvgIpc) is 3.04. The Morgan fingerprint density at radius 1 is 1.21 bits per heavy atom. The van der Waals surface area contributed by atoms with Crippen molar-refractivity contribution in [2.24, 2.45) is 0 Å². The monoisotopic (exact) mass is 398 g/mol. The number of piperazine rings is 1. The number of piperidine rings is 1. The number of amides is 3. The van der Waals surface area contributed by atoms with Gasteiger partial charge in [0.25, 0.3) is 5.91 Å². The molecule has 0 radical (unpaired) electrons. The summed E-state index contributed by atoms with van der Waals surface area (Å²) in [5.74, 6) is -0.694. The van der Waals surface area contributed by atoms with E-state index in [1.807, 2.05) is 18.2 Å². The number of nitrogens with one attached hydrogen (secondary N) is 2. The van der Waals surface area contributed by atoms with E-state index in [1.165, 1.54) is 19.3 Å². The van der Waals surface area contributed by atoms with Crippen molar-refractivity contribution in [3.8, 4) is 0 Å². The Kier molecular flexibility index (Phi) is 5.96. The molecular weight excluding hydrogens is 368 g/mol. The van der Waals surface area contributed by atoms with E-state index in [9.17, 15) is 14.4 Å². The first-order valence-corrected chi connectivity index (χ1v) is 10.8. The molecule has 0 aromatic heterocycles. The van der Waals surface area contributed by atoms with Crippen molar-refractivity contribution in [3.05, 3.63) is 34.9 Å². The van der Waals surface area contributed by atoms with E-state index in [0.717, 1.165) is 42.9 Å². The minimum atomic E-state index is -0.557. The summed E-state index contributed by atoms with van der Waals surface area (Å²) in [5, 5.41) is 5.97. The maximum atomic E-state index is 13.2. The molecule has 1 aromatic rings. The number of rotatable bonds is 6.